The summed E-state index contributed by atoms with van der Waals surface area (Å²) >= 11 is 0. The van der Waals surface area contributed by atoms with Crippen LogP contribution in [0.5, 0.6) is 0 Å². The normalized spacial score (nSPS) is 12.9. The molecule has 0 heterocycles. The minimum atomic E-state index is -0.762. The van der Waals surface area contributed by atoms with Gasteiger partial charge in [0.1, 0.15) is 6.61 Å². The van der Waals surface area contributed by atoms with Gasteiger partial charge in [-0.1, -0.05) is 163 Å². The van der Waals surface area contributed by atoms with E-state index in [9.17, 15) is 14.7 Å². The van der Waals surface area contributed by atoms with Gasteiger partial charge in [0.15, 0.2) is 6.10 Å². The molecular formula is C36H70O5. The zero-order valence-corrected chi connectivity index (χ0v) is 27.9. The van der Waals surface area contributed by atoms with E-state index < -0.39 is 6.10 Å². The first-order valence-electron chi connectivity index (χ1n) is 17.8. The maximum Gasteiger partial charge on any atom is 0.306 e. The van der Waals surface area contributed by atoms with Crippen LogP contribution in [-0.4, -0.2) is 36.4 Å². The molecule has 0 rings (SSSR count). The fraction of sp³-hybridized carbons (Fsp3) is 0.944. The zero-order chi connectivity index (χ0) is 30.4. The minimum absolute atomic E-state index is 0.0604. The van der Waals surface area contributed by atoms with Crippen molar-refractivity contribution in [2.45, 2.75) is 194 Å². The Morgan fingerprint density at radius 1 is 0.561 bits per heavy atom. The maximum absolute atomic E-state index is 12.0. The molecule has 0 bridgehead atoms. The summed E-state index contributed by atoms with van der Waals surface area (Å²) in [6, 6.07) is 0. The summed E-state index contributed by atoms with van der Waals surface area (Å²) in [6.07, 6.45) is 28.8. The van der Waals surface area contributed by atoms with E-state index in [4.69, 9.17) is 9.47 Å². The van der Waals surface area contributed by atoms with Gasteiger partial charge in [0.05, 0.1) is 6.61 Å². The van der Waals surface area contributed by atoms with Crippen molar-refractivity contribution in [2.75, 3.05) is 13.2 Å². The van der Waals surface area contributed by atoms with Crippen molar-refractivity contribution in [3.05, 3.63) is 0 Å². The van der Waals surface area contributed by atoms with Crippen molar-refractivity contribution >= 4 is 11.9 Å². The fourth-order valence-electron chi connectivity index (χ4n) is 5.24. The largest absolute Gasteiger partial charge is 0.462 e. The van der Waals surface area contributed by atoms with Crippen molar-refractivity contribution in [2.24, 2.45) is 11.8 Å². The van der Waals surface area contributed by atoms with Crippen molar-refractivity contribution in [3.8, 4) is 0 Å². The predicted molar refractivity (Wildman–Crippen MR) is 173 cm³/mol. The van der Waals surface area contributed by atoms with E-state index in [0.29, 0.717) is 12.8 Å². The van der Waals surface area contributed by atoms with E-state index in [-0.39, 0.29) is 25.2 Å². The smallest absolute Gasteiger partial charge is 0.306 e. The number of hydrogen-bond donors (Lipinski definition) is 1. The second-order valence-electron chi connectivity index (χ2n) is 13.0. The topological polar surface area (TPSA) is 72.8 Å². The second kappa shape index (κ2) is 30.4. The molecule has 1 unspecified atom stereocenters. The molecule has 41 heavy (non-hydrogen) atoms. The molecule has 0 spiro atoms. The van der Waals surface area contributed by atoms with Gasteiger partial charge in [-0.15, -0.1) is 0 Å². The molecule has 0 radical (unpaired) electrons. The van der Waals surface area contributed by atoms with Gasteiger partial charge in [0.25, 0.3) is 0 Å². The first-order chi connectivity index (χ1) is 19.9. The van der Waals surface area contributed by atoms with E-state index in [1.807, 2.05) is 0 Å². The first-order valence-corrected chi connectivity index (χ1v) is 17.8. The molecule has 244 valence electrons. The molecule has 0 amide bonds. The lowest BCUT2D eigenvalue weighted by Gasteiger charge is -2.15. The van der Waals surface area contributed by atoms with E-state index in [0.717, 1.165) is 43.9 Å². The van der Waals surface area contributed by atoms with Gasteiger partial charge in [0.2, 0.25) is 0 Å². The molecule has 0 fully saturated rings. The lowest BCUT2D eigenvalue weighted by molar-refractivity contribution is -0.161. The number of rotatable bonds is 31. The molecule has 1 N–H and O–H groups in total. The Labute approximate surface area is 255 Å². The lowest BCUT2D eigenvalue weighted by atomic mass is 9.99. The van der Waals surface area contributed by atoms with Crippen LogP contribution in [0, 0.1) is 11.8 Å². The average molecular weight is 583 g/mol. The highest BCUT2D eigenvalue weighted by Gasteiger charge is 2.16. The quantitative estimate of drug-likeness (QED) is 0.0650. The van der Waals surface area contributed by atoms with E-state index in [1.165, 1.54) is 116 Å². The van der Waals surface area contributed by atoms with Gasteiger partial charge in [-0.2, -0.15) is 0 Å². The van der Waals surface area contributed by atoms with Crippen LogP contribution in [0.3, 0.4) is 0 Å². The van der Waals surface area contributed by atoms with Gasteiger partial charge in [-0.05, 0) is 24.7 Å². The third-order valence-corrected chi connectivity index (χ3v) is 8.37. The van der Waals surface area contributed by atoms with Crippen molar-refractivity contribution in [3.63, 3.8) is 0 Å². The molecule has 0 aliphatic rings. The Balaban J connectivity index is 3.50. The molecule has 5 heteroatoms. The number of unbranched alkanes of at least 4 members (excludes halogenated alkanes) is 18. The van der Waals surface area contributed by atoms with Gasteiger partial charge in [-0.25, -0.2) is 0 Å². The highest BCUT2D eigenvalue weighted by molar-refractivity contribution is 5.70. The number of carbonyl (C=O) groups excluding carboxylic acids is 2. The van der Waals surface area contributed by atoms with Crippen molar-refractivity contribution in [1.82, 2.24) is 0 Å². The molecule has 5 nitrogen and oxygen atoms in total. The van der Waals surface area contributed by atoms with Crippen LogP contribution in [0.4, 0.5) is 0 Å². The van der Waals surface area contributed by atoms with Crippen LogP contribution in [-0.2, 0) is 19.1 Å². The van der Waals surface area contributed by atoms with Gasteiger partial charge in [0, 0.05) is 12.8 Å². The van der Waals surface area contributed by atoms with Crippen LogP contribution in [0.2, 0.25) is 0 Å². The number of hydrogen-bond acceptors (Lipinski definition) is 5. The summed E-state index contributed by atoms with van der Waals surface area (Å²) in [6.45, 7) is 8.79. The molecule has 0 aromatic carbocycles. The Kier molecular flexibility index (Phi) is 29.5. The fourth-order valence-corrected chi connectivity index (χ4v) is 5.24. The second-order valence-corrected chi connectivity index (χ2v) is 13.0. The lowest BCUT2D eigenvalue weighted by Crippen LogP contribution is -2.28. The predicted octanol–water partition coefficient (Wildman–Crippen LogP) is 10.5. The standard InChI is InChI=1S/C36H70O5/c1-5-33(4)27-23-19-14-12-10-8-6-7-9-11-13-15-20-24-28-35(38)40-31-34(30-37)41-36(39)29-25-21-17-16-18-22-26-32(2)3/h32-34,37H,5-31H2,1-4H3/t33?,34-/m0/s1. The molecule has 0 aliphatic heterocycles. The molecule has 0 saturated heterocycles. The van der Waals surface area contributed by atoms with Crippen LogP contribution in [0.15, 0.2) is 0 Å². The maximum atomic E-state index is 12.0. The van der Waals surface area contributed by atoms with E-state index >= 15 is 0 Å². The highest BCUT2D eigenvalue weighted by Crippen LogP contribution is 2.16. The van der Waals surface area contributed by atoms with Crippen LogP contribution in [0.1, 0.15) is 188 Å². The van der Waals surface area contributed by atoms with Gasteiger partial charge < -0.3 is 14.6 Å². The zero-order valence-electron chi connectivity index (χ0n) is 27.9. The summed E-state index contributed by atoms with van der Waals surface area (Å²) in [5, 5.41) is 9.49. The Bertz CT molecular complexity index is 576. The SMILES string of the molecule is CCC(C)CCCCCCCCCCCCCCCCC(=O)OC[C@H](CO)OC(=O)CCCCCCCCC(C)C. The average Bonchev–Trinajstić information content (AvgIpc) is 2.95. The molecule has 0 saturated carbocycles. The summed E-state index contributed by atoms with van der Waals surface area (Å²) in [5.74, 6) is 1.09. The highest BCUT2D eigenvalue weighted by atomic mass is 16.6. The first kappa shape index (κ1) is 39.9. The molecular weight excluding hydrogens is 512 g/mol. The monoisotopic (exact) mass is 583 g/mol. The molecule has 0 aromatic rings. The van der Waals surface area contributed by atoms with E-state index in [1.54, 1.807) is 0 Å². The number of esters is 2. The van der Waals surface area contributed by atoms with Crippen molar-refractivity contribution < 1.29 is 24.2 Å². The summed E-state index contributed by atoms with van der Waals surface area (Å²) in [7, 11) is 0. The van der Waals surface area contributed by atoms with Crippen molar-refractivity contribution in [1.29, 1.82) is 0 Å². The van der Waals surface area contributed by atoms with E-state index in [2.05, 4.69) is 27.7 Å². The third kappa shape index (κ3) is 30.2. The Morgan fingerprint density at radius 3 is 1.37 bits per heavy atom. The van der Waals surface area contributed by atoms with Crippen LogP contribution in [0.25, 0.3) is 0 Å². The van der Waals surface area contributed by atoms with Gasteiger partial charge in [-0.3, -0.25) is 9.59 Å². The third-order valence-electron chi connectivity index (χ3n) is 8.37. The van der Waals surface area contributed by atoms with Crippen LogP contribution < -0.4 is 0 Å². The molecule has 0 aromatic heterocycles. The number of aliphatic hydroxyl groups is 1. The number of carbonyl (C=O) groups is 2. The Hall–Kier alpha value is -1.10. The number of ether oxygens (including phenoxy) is 2. The summed E-state index contributed by atoms with van der Waals surface area (Å²) < 4.78 is 10.5. The van der Waals surface area contributed by atoms with Gasteiger partial charge >= 0.3 is 11.9 Å². The summed E-state index contributed by atoms with van der Waals surface area (Å²) in [5.41, 5.74) is 0. The van der Waals surface area contributed by atoms with Crippen LogP contribution >= 0.6 is 0 Å². The summed E-state index contributed by atoms with van der Waals surface area (Å²) in [4.78, 5) is 24.1. The minimum Gasteiger partial charge on any atom is -0.462 e. The molecule has 2 atom stereocenters. The molecule has 0 aliphatic carbocycles. The number of aliphatic hydroxyl groups excluding tert-OH is 1. The Morgan fingerprint density at radius 2 is 0.951 bits per heavy atom.